The molecule has 1 aromatic rings. The standard InChI is InChI=1S/C23H34N2O6/c1-5-16(4)21(25-23(30)31-14-17-9-7-6-8-10-17)22(29)24-18(11-12-20(27)28)19(26)13-15(2)3/h6-10,15-16,18,21H,5,11-14H2,1-4H3,(H,24,29)(H,25,30)(H,27,28)/t16?,18-,21-/m0/s1. The van der Waals surface area contributed by atoms with Gasteiger partial charge in [-0.05, 0) is 23.8 Å². The Morgan fingerprint density at radius 2 is 1.68 bits per heavy atom. The molecule has 3 atom stereocenters. The molecule has 0 aliphatic heterocycles. The van der Waals surface area contributed by atoms with Crippen LogP contribution >= 0.6 is 0 Å². The van der Waals surface area contributed by atoms with Gasteiger partial charge in [-0.3, -0.25) is 14.4 Å². The third-order valence-corrected chi connectivity index (χ3v) is 4.94. The molecule has 0 heterocycles. The molecule has 1 unspecified atom stereocenters. The molecule has 1 aromatic carbocycles. The number of hydrogen-bond donors (Lipinski definition) is 3. The molecule has 8 heteroatoms. The molecule has 8 nitrogen and oxygen atoms in total. The molecule has 0 bridgehead atoms. The summed E-state index contributed by atoms with van der Waals surface area (Å²) in [7, 11) is 0. The molecule has 0 saturated carbocycles. The highest BCUT2D eigenvalue weighted by Crippen LogP contribution is 2.12. The highest BCUT2D eigenvalue weighted by Gasteiger charge is 2.30. The van der Waals surface area contributed by atoms with E-state index in [-0.39, 0.29) is 43.5 Å². The second-order valence-electron chi connectivity index (χ2n) is 8.13. The minimum atomic E-state index is -1.04. The van der Waals surface area contributed by atoms with Crippen LogP contribution in [0, 0.1) is 11.8 Å². The summed E-state index contributed by atoms with van der Waals surface area (Å²) in [5.41, 5.74) is 0.815. The van der Waals surface area contributed by atoms with Gasteiger partial charge in [0.15, 0.2) is 5.78 Å². The number of ether oxygens (including phenoxy) is 1. The summed E-state index contributed by atoms with van der Waals surface area (Å²) in [5.74, 6) is -1.94. The van der Waals surface area contributed by atoms with Crippen molar-refractivity contribution >= 4 is 23.8 Å². The normalized spacial score (nSPS) is 13.7. The fraction of sp³-hybridized carbons (Fsp3) is 0.565. The molecule has 0 spiro atoms. The van der Waals surface area contributed by atoms with Crippen LogP contribution in [-0.2, 0) is 25.7 Å². The summed E-state index contributed by atoms with van der Waals surface area (Å²) in [6.07, 6.45) is -0.143. The van der Waals surface area contributed by atoms with E-state index in [1.807, 2.05) is 58.0 Å². The SMILES string of the molecule is CCC(C)[C@H](NC(=O)OCc1ccccc1)C(=O)N[C@@H](CCC(=O)O)C(=O)CC(C)C. The van der Waals surface area contributed by atoms with Gasteiger partial charge in [0.1, 0.15) is 12.6 Å². The first-order chi connectivity index (χ1) is 14.6. The van der Waals surface area contributed by atoms with Crippen LogP contribution in [-0.4, -0.2) is 40.9 Å². The largest absolute Gasteiger partial charge is 0.481 e. The van der Waals surface area contributed by atoms with Crippen molar-refractivity contribution in [3.05, 3.63) is 35.9 Å². The van der Waals surface area contributed by atoms with Crippen molar-refractivity contribution in [1.82, 2.24) is 10.6 Å². The Morgan fingerprint density at radius 3 is 2.23 bits per heavy atom. The number of carboxylic acids is 1. The van der Waals surface area contributed by atoms with Gasteiger partial charge in [-0.15, -0.1) is 0 Å². The van der Waals surface area contributed by atoms with Crippen molar-refractivity contribution in [2.24, 2.45) is 11.8 Å². The minimum Gasteiger partial charge on any atom is -0.481 e. The van der Waals surface area contributed by atoms with E-state index in [1.165, 1.54) is 0 Å². The van der Waals surface area contributed by atoms with Gasteiger partial charge in [0, 0.05) is 12.8 Å². The third kappa shape index (κ3) is 10.1. The molecular weight excluding hydrogens is 400 g/mol. The molecule has 0 radical (unpaired) electrons. The number of aliphatic carboxylic acids is 1. The van der Waals surface area contributed by atoms with Crippen LogP contribution < -0.4 is 10.6 Å². The molecule has 0 saturated heterocycles. The van der Waals surface area contributed by atoms with Crippen LogP contribution in [0.4, 0.5) is 4.79 Å². The van der Waals surface area contributed by atoms with Crippen molar-refractivity contribution in [2.75, 3.05) is 0 Å². The van der Waals surface area contributed by atoms with Crippen molar-refractivity contribution in [2.45, 2.75) is 72.1 Å². The summed E-state index contributed by atoms with van der Waals surface area (Å²) < 4.78 is 5.21. The lowest BCUT2D eigenvalue weighted by molar-refractivity contribution is -0.138. The Hall–Kier alpha value is -2.90. The number of nitrogens with one attached hydrogen (secondary N) is 2. The number of hydrogen-bond acceptors (Lipinski definition) is 5. The number of carbonyl (C=O) groups is 4. The molecule has 0 aliphatic rings. The van der Waals surface area contributed by atoms with Crippen molar-refractivity contribution in [3.8, 4) is 0 Å². The van der Waals surface area contributed by atoms with Gasteiger partial charge in [0.05, 0.1) is 6.04 Å². The van der Waals surface area contributed by atoms with E-state index < -0.39 is 30.1 Å². The molecule has 2 amide bonds. The lowest BCUT2D eigenvalue weighted by Gasteiger charge is -2.26. The molecule has 0 aliphatic carbocycles. The third-order valence-electron chi connectivity index (χ3n) is 4.94. The van der Waals surface area contributed by atoms with Crippen LogP contribution in [0.3, 0.4) is 0 Å². The Bertz CT molecular complexity index is 735. The van der Waals surface area contributed by atoms with Crippen LogP contribution in [0.25, 0.3) is 0 Å². The Morgan fingerprint density at radius 1 is 1.03 bits per heavy atom. The summed E-state index contributed by atoms with van der Waals surface area (Å²) >= 11 is 0. The summed E-state index contributed by atoms with van der Waals surface area (Å²) in [6, 6.07) is 7.33. The van der Waals surface area contributed by atoms with Gasteiger partial charge < -0.3 is 20.5 Å². The number of benzene rings is 1. The van der Waals surface area contributed by atoms with Gasteiger partial charge in [-0.25, -0.2) is 4.79 Å². The zero-order valence-corrected chi connectivity index (χ0v) is 18.7. The number of carbonyl (C=O) groups excluding carboxylic acids is 3. The summed E-state index contributed by atoms with van der Waals surface area (Å²) in [4.78, 5) is 48.7. The van der Waals surface area contributed by atoms with E-state index in [1.54, 1.807) is 0 Å². The molecule has 172 valence electrons. The Kier molecular flexibility index (Phi) is 11.3. The van der Waals surface area contributed by atoms with E-state index >= 15 is 0 Å². The zero-order chi connectivity index (χ0) is 23.4. The fourth-order valence-corrected chi connectivity index (χ4v) is 2.98. The minimum absolute atomic E-state index is 0.00168. The average Bonchev–Trinajstić information content (AvgIpc) is 2.72. The van der Waals surface area contributed by atoms with Gasteiger partial charge in [-0.1, -0.05) is 64.4 Å². The molecule has 1 rings (SSSR count). The maximum atomic E-state index is 12.9. The smallest absolute Gasteiger partial charge is 0.408 e. The maximum absolute atomic E-state index is 12.9. The van der Waals surface area contributed by atoms with Gasteiger partial charge in [0.25, 0.3) is 0 Å². The second-order valence-corrected chi connectivity index (χ2v) is 8.13. The molecular formula is C23H34N2O6. The highest BCUT2D eigenvalue weighted by atomic mass is 16.5. The van der Waals surface area contributed by atoms with E-state index in [2.05, 4.69) is 10.6 Å². The monoisotopic (exact) mass is 434 g/mol. The van der Waals surface area contributed by atoms with Crippen LogP contribution in [0.15, 0.2) is 30.3 Å². The first kappa shape index (κ1) is 26.1. The van der Waals surface area contributed by atoms with Crippen LogP contribution in [0.1, 0.15) is 58.9 Å². The average molecular weight is 435 g/mol. The number of amides is 2. The number of carboxylic acid groups (broad SMARTS) is 1. The van der Waals surface area contributed by atoms with Gasteiger partial charge in [0.2, 0.25) is 5.91 Å². The van der Waals surface area contributed by atoms with Crippen molar-refractivity contribution in [3.63, 3.8) is 0 Å². The van der Waals surface area contributed by atoms with Gasteiger partial charge in [-0.2, -0.15) is 0 Å². The first-order valence-electron chi connectivity index (χ1n) is 10.7. The topological polar surface area (TPSA) is 122 Å². The summed E-state index contributed by atoms with van der Waals surface area (Å²) in [6.45, 7) is 7.51. The predicted molar refractivity (Wildman–Crippen MR) is 116 cm³/mol. The quantitative estimate of drug-likeness (QED) is 0.438. The highest BCUT2D eigenvalue weighted by molar-refractivity contribution is 5.92. The maximum Gasteiger partial charge on any atom is 0.408 e. The van der Waals surface area contributed by atoms with E-state index in [4.69, 9.17) is 9.84 Å². The lowest BCUT2D eigenvalue weighted by atomic mass is 9.95. The Labute approximate surface area is 183 Å². The Balaban J connectivity index is 2.81. The van der Waals surface area contributed by atoms with Crippen LogP contribution in [0.2, 0.25) is 0 Å². The number of ketones is 1. The molecule has 0 fully saturated rings. The number of rotatable bonds is 13. The first-order valence-corrected chi connectivity index (χ1v) is 10.7. The van der Waals surface area contributed by atoms with Gasteiger partial charge >= 0.3 is 12.1 Å². The number of alkyl carbamates (subject to hydrolysis) is 1. The van der Waals surface area contributed by atoms with Crippen molar-refractivity contribution in [1.29, 1.82) is 0 Å². The zero-order valence-electron chi connectivity index (χ0n) is 18.7. The molecule has 3 N–H and O–H groups in total. The second kappa shape index (κ2) is 13.4. The number of Topliss-reactive ketones (excluding diaryl/α,β-unsaturated/α-hetero) is 1. The summed E-state index contributed by atoms with van der Waals surface area (Å²) in [5, 5.41) is 14.2. The molecule has 31 heavy (non-hydrogen) atoms. The lowest BCUT2D eigenvalue weighted by Crippen LogP contribution is -2.54. The fourth-order valence-electron chi connectivity index (χ4n) is 2.98. The predicted octanol–water partition coefficient (Wildman–Crippen LogP) is 3.29. The van der Waals surface area contributed by atoms with Crippen LogP contribution in [0.5, 0.6) is 0 Å². The van der Waals surface area contributed by atoms with Crippen molar-refractivity contribution < 1.29 is 29.0 Å². The van der Waals surface area contributed by atoms with E-state index in [0.717, 1.165) is 5.56 Å². The van der Waals surface area contributed by atoms with E-state index in [0.29, 0.717) is 6.42 Å². The van der Waals surface area contributed by atoms with E-state index in [9.17, 15) is 19.2 Å². The molecule has 0 aromatic heterocycles.